The number of primary amides is 1. The van der Waals surface area contributed by atoms with Crippen LogP contribution in [0.2, 0.25) is 0 Å². The molecule has 2 rings (SSSR count). The molecule has 0 aliphatic heterocycles. The van der Waals surface area contributed by atoms with Gasteiger partial charge in [0.05, 0.1) is 17.8 Å². The number of fused-ring (bicyclic) bond motifs is 1. The Labute approximate surface area is 111 Å². The summed E-state index contributed by atoms with van der Waals surface area (Å²) < 4.78 is 5.34. The van der Waals surface area contributed by atoms with Crippen LogP contribution in [-0.2, 0) is 11.2 Å². The van der Waals surface area contributed by atoms with Crippen LogP contribution in [0.15, 0.2) is 18.2 Å². The summed E-state index contributed by atoms with van der Waals surface area (Å²) in [5, 5.41) is 0.949. The Morgan fingerprint density at radius 1 is 1.37 bits per heavy atom. The minimum Gasteiger partial charge on any atom is -0.381 e. The molecule has 0 saturated carbocycles. The second kappa shape index (κ2) is 5.75. The van der Waals surface area contributed by atoms with Gasteiger partial charge in [-0.1, -0.05) is 11.6 Å². The van der Waals surface area contributed by atoms with Crippen molar-refractivity contribution in [2.75, 3.05) is 13.2 Å². The molecule has 1 amide bonds. The van der Waals surface area contributed by atoms with E-state index in [1.807, 2.05) is 32.0 Å². The van der Waals surface area contributed by atoms with E-state index in [4.69, 9.17) is 10.5 Å². The smallest absolute Gasteiger partial charge is 0.286 e. The number of amides is 1. The maximum atomic E-state index is 11.3. The van der Waals surface area contributed by atoms with Gasteiger partial charge in [0.25, 0.3) is 5.91 Å². The highest BCUT2D eigenvalue weighted by molar-refractivity contribution is 5.92. The van der Waals surface area contributed by atoms with E-state index in [9.17, 15) is 4.79 Å². The van der Waals surface area contributed by atoms with Crippen molar-refractivity contribution >= 4 is 16.8 Å². The first kappa shape index (κ1) is 13.4. The topological polar surface area (TPSA) is 78.1 Å². The van der Waals surface area contributed by atoms with Gasteiger partial charge < -0.3 is 10.5 Å². The van der Waals surface area contributed by atoms with Gasteiger partial charge in [0.2, 0.25) is 5.82 Å². The minimum atomic E-state index is -0.611. The highest BCUT2D eigenvalue weighted by Gasteiger charge is 2.11. The van der Waals surface area contributed by atoms with Crippen LogP contribution >= 0.6 is 0 Å². The molecule has 0 fully saturated rings. The Bertz CT molecular complexity index is 611. The van der Waals surface area contributed by atoms with E-state index in [0.29, 0.717) is 19.6 Å². The zero-order chi connectivity index (χ0) is 13.8. The van der Waals surface area contributed by atoms with E-state index >= 15 is 0 Å². The minimum absolute atomic E-state index is 0.0582. The summed E-state index contributed by atoms with van der Waals surface area (Å²) in [6, 6.07) is 5.84. The van der Waals surface area contributed by atoms with Crippen molar-refractivity contribution in [3.8, 4) is 0 Å². The number of aryl methyl sites for hydroxylation is 1. The molecule has 0 atom stereocenters. The number of carbonyl (C=O) groups excluding carboxylic acids is 1. The Hall–Kier alpha value is -2.01. The number of hydrogen-bond acceptors (Lipinski definition) is 4. The van der Waals surface area contributed by atoms with Crippen LogP contribution in [0.25, 0.3) is 10.9 Å². The molecule has 19 heavy (non-hydrogen) atoms. The highest BCUT2D eigenvalue weighted by atomic mass is 16.5. The van der Waals surface area contributed by atoms with Crippen molar-refractivity contribution in [1.29, 1.82) is 0 Å². The maximum Gasteiger partial charge on any atom is 0.286 e. The molecule has 0 saturated heterocycles. The summed E-state index contributed by atoms with van der Waals surface area (Å²) in [6.07, 6.45) is 0.636. The summed E-state index contributed by atoms with van der Waals surface area (Å²) in [7, 11) is 0. The van der Waals surface area contributed by atoms with Crippen LogP contribution < -0.4 is 5.73 Å². The maximum absolute atomic E-state index is 11.3. The molecular formula is C14H17N3O2. The van der Waals surface area contributed by atoms with E-state index in [0.717, 1.165) is 22.2 Å². The van der Waals surface area contributed by atoms with Crippen LogP contribution in [0.1, 0.15) is 28.8 Å². The van der Waals surface area contributed by atoms with Crippen molar-refractivity contribution in [2.45, 2.75) is 20.3 Å². The Balaban J connectivity index is 2.49. The molecule has 5 nitrogen and oxygen atoms in total. The lowest BCUT2D eigenvalue weighted by atomic mass is 10.1. The molecule has 1 aromatic heterocycles. The summed E-state index contributed by atoms with van der Waals surface area (Å²) in [6.45, 7) is 5.17. The number of hydrogen-bond donors (Lipinski definition) is 1. The molecule has 100 valence electrons. The Morgan fingerprint density at radius 2 is 2.16 bits per heavy atom. The van der Waals surface area contributed by atoms with Gasteiger partial charge in [-0.15, -0.1) is 0 Å². The van der Waals surface area contributed by atoms with E-state index in [2.05, 4.69) is 9.97 Å². The number of ether oxygens (including phenoxy) is 1. The number of aromatic nitrogens is 2. The molecule has 0 bridgehead atoms. The van der Waals surface area contributed by atoms with Gasteiger partial charge in [-0.3, -0.25) is 4.79 Å². The fourth-order valence-electron chi connectivity index (χ4n) is 1.92. The predicted molar refractivity (Wildman–Crippen MR) is 73.0 cm³/mol. The van der Waals surface area contributed by atoms with Crippen molar-refractivity contribution in [3.63, 3.8) is 0 Å². The quantitative estimate of drug-likeness (QED) is 0.827. The standard InChI is InChI=1S/C14H17N3O2/c1-3-19-7-6-12-10-8-9(2)4-5-11(10)16-14(17-12)13(15)18/h4-5,8H,3,6-7H2,1-2H3,(H2,15,18). The molecule has 1 heterocycles. The monoisotopic (exact) mass is 259 g/mol. The highest BCUT2D eigenvalue weighted by Crippen LogP contribution is 2.18. The average molecular weight is 259 g/mol. The zero-order valence-electron chi connectivity index (χ0n) is 11.1. The van der Waals surface area contributed by atoms with Crippen LogP contribution in [0.3, 0.4) is 0 Å². The number of nitrogens with two attached hydrogens (primary N) is 1. The summed E-state index contributed by atoms with van der Waals surface area (Å²) in [4.78, 5) is 19.7. The number of benzene rings is 1. The molecule has 0 spiro atoms. The number of nitrogens with zero attached hydrogens (tertiary/aromatic N) is 2. The van der Waals surface area contributed by atoms with E-state index < -0.39 is 5.91 Å². The normalized spacial score (nSPS) is 10.8. The van der Waals surface area contributed by atoms with Gasteiger partial charge in [0.1, 0.15) is 0 Å². The van der Waals surface area contributed by atoms with Crippen molar-refractivity contribution in [1.82, 2.24) is 9.97 Å². The first-order valence-corrected chi connectivity index (χ1v) is 6.26. The van der Waals surface area contributed by atoms with Gasteiger partial charge >= 0.3 is 0 Å². The Kier molecular flexibility index (Phi) is 4.06. The van der Waals surface area contributed by atoms with Gasteiger partial charge in [0.15, 0.2) is 0 Å². The molecule has 5 heteroatoms. The molecule has 0 aliphatic rings. The lowest BCUT2D eigenvalue weighted by molar-refractivity contribution is 0.0990. The zero-order valence-corrected chi connectivity index (χ0v) is 11.1. The number of rotatable bonds is 5. The lowest BCUT2D eigenvalue weighted by Crippen LogP contribution is -2.17. The second-order valence-corrected chi connectivity index (χ2v) is 4.33. The van der Waals surface area contributed by atoms with Gasteiger partial charge in [-0.2, -0.15) is 0 Å². The van der Waals surface area contributed by atoms with Crippen molar-refractivity contribution in [2.24, 2.45) is 5.73 Å². The average Bonchev–Trinajstić information content (AvgIpc) is 2.39. The molecule has 2 N–H and O–H groups in total. The van der Waals surface area contributed by atoms with Crippen LogP contribution in [0.5, 0.6) is 0 Å². The van der Waals surface area contributed by atoms with E-state index in [1.54, 1.807) is 0 Å². The van der Waals surface area contributed by atoms with E-state index in [-0.39, 0.29) is 5.82 Å². The lowest BCUT2D eigenvalue weighted by Gasteiger charge is -2.08. The van der Waals surface area contributed by atoms with E-state index in [1.165, 1.54) is 0 Å². The first-order valence-electron chi connectivity index (χ1n) is 6.26. The van der Waals surface area contributed by atoms with Crippen molar-refractivity contribution in [3.05, 3.63) is 35.3 Å². The molecule has 0 unspecified atom stereocenters. The molecule has 0 radical (unpaired) electrons. The summed E-state index contributed by atoms with van der Waals surface area (Å²) in [5.74, 6) is -0.553. The van der Waals surface area contributed by atoms with Gasteiger partial charge in [-0.25, -0.2) is 9.97 Å². The van der Waals surface area contributed by atoms with Gasteiger partial charge in [-0.05, 0) is 26.0 Å². The van der Waals surface area contributed by atoms with Crippen LogP contribution in [-0.4, -0.2) is 29.1 Å². The second-order valence-electron chi connectivity index (χ2n) is 4.33. The third kappa shape index (κ3) is 3.06. The van der Waals surface area contributed by atoms with Gasteiger partial charge in [0, 0.05) is 18.4 Å². The fraction of sp³-hybridized carbons (Fsp3) is 0.357. The predicted octanol–water partition coefficient (Wildman–Crippen LogP) is 1.62. The largest absolute Gasteiger partial charge is 0.381 e. The fourth-order valence-corrected chi connectivity index (χ4v) is 1.92. The first-order chi connectivity index (χ1) is 9.11. The molecule has 1 aromatic carbocycles. The summed E-state index contributed by atoms with van der Waals surface area (Å²) >= 11 is 0. The number of carbonyl (C=O) groups is 1. The molecule has 0 aliphatic carbocycles. The third-order valence-corrected chi connectivity index (χ3v) is 2.84. The van der Waals surface area contributed by atoms with Crippen molar-refractivity contribution < 1.29 is 9.53 Å². The Morgan fingerprint density at radius 3 is 2.84 bits per heavy atom. The summed E-state index contributed by atoms with van der Waals surface area (Å²) in [5.41, 5.74) is 7.93. The molecule has 2 aromatic rings. The molecular weight excluding hydrogens is 242 g/mol. The third-order valence-electron chi connectivity index (χ3n) is 2.84. The SMILES string of the molecule is CCOCCc1nc(C(N)=O)nc2ccc(C)cc12. The van der Waals surface area contributed by atoms with Crippen LogP contribution in [0.4, 0.5) is 0 Å². The van der Waals surface area contributed by atoms with Crippen LogP contribution in [0, 0.1) is 6.92 Å².